The summed E-state index contributed by atoms with van der Waals surface area (Å²) in [5, 5.41) is 15.3. The minimum absolute atomic E-state index is 0.576. The molecule has 0 unspecified atom stereocenters. The maximum absolute atomic E-state index is 10.5. The van der Waals surface area contributed by atoms with Gasteiger partial charge >= 0.3 is 0 Å². The van der Waals surface area contributed by atoms with Gasteiger partial charge in [0.1, 0.15) is 0 Å². The highest BCUT2D eigenvalue weighted by molar-refractivity contribution is 6.14. The lowest BCUT2D eigenvalue weighted by Crippen LogP contribution is -2.01. The van der Waals surface area contributed by atoms with E-state index in [1.807, 2.05) is 18.3 Å². The zero-order valence-corrected chi connectivity index (χ0v) is 45.8. The molecule has 0 bridgehead atoms. The van der Waals surface area contributed by atoms with Crippen LogP contribution >= 0.6 is 0 Å². The van der Waals surface area contributed by atoms with Gasteiger partial charge in [0.05, 0.1) is 45.1 Å². The van der Waals surface area contributed by atoms with E-state index in [-0.39, 0.29) is 0 Å². The maximum Gasteiger partial charge on any atom is 0.0991 e. The van der Waals surface area contributed by atoms with E-state index in [0.717, 1.165) is 44.7 Å². The second kappa shape index (κ2) is 18.3. The molecule has 12 rings (SSSR count). The number of fused-ring (bicyclic) bond motifs is 6. The summed E-state index contributed by atoms with van der Waals surface area (Å²) in [6, 6.07) is 59.1. The van der Waals surface area contributed by atoms with Crippen molar-refractivity contribution in [3.05, 3.63) is 230 Å². The maximum atomic E-state index is 10.5. The van der Waals surface area contributed by atoms with Crippen molar-refractivity contribution >= 4 is 43.6 Å². The molecule has 3 heterocycles. The van der Waals surface area contributed by atoms with Crippen LogP contribution in [0.2, 0.25) is 0 Å². The first kappa shape index (κ1) is 48.2. The number of hydrogen-bond donors (Lipinski definition) is 0. The van der Waals surface area contributed by atoms with E-state index >= 15 is 0 Å². The molecule has 4 nitrogen and oxygen atoms in total. The van der Waals surface area contributed by atoms with Crippen molar-refractivity contribution in [3.63, 3.8) is 0 Å². The summed E-state index contributed by atoms with van der Waals surface area (Å²) in [5.41, 5.74) is 33.8. The van der Waals surface area contributed by atoms with E-state index in [1.54, 1.807) is 0 Å². The van der Waals surface area contributed by atoms with Gasteiger partial charge in [-0.2, -0.15) is 5.26 Å². The zero-order chi connectivity index (χ0) is 53.0. The second-order valence-electron chi connectivity index (χ2n) is 21.9. The average molecular weight is 983 g/mol. The first-order valence-electron chi connectivity index (χ1n) is 26.6. The van der Waals surface area contributed by atoms with E-state index in [1.165, 1.54) is 133 Å². The Morgan fingerprint density at radius 3 is 1.00 bits per heavy atom. The highest BCUT2D eigenvalue weighted by atomic mass is 15.0. The Morgan fingerprint density at radius 1 is 0.342 bits per heavy atom. The summed E-state index contributed by atoms with van der Waals surface area (Å²) < 4.78 is 4.79. The minimum Gasteiger partial charge on any atom is -0.309 e. The quantitative estimate of drug-likeness (QED) is 0.160. The van der Waals surface area contributed by atoms with Crippen molar-refractivity contribution in [1.29, 1.82) is 5.26 Å². The molecule has 0 aliphatic heterocycles. The third-order valence-corrected chi connectivity index (χ3v) is 16.0. The normalized spacial score (nSPS) is 11.7. The lowest BCUT2D eigenvalue weighted by atomic mass is 9.91. The molecule has 4 heteroatoms. The van der Waals surface area contributed by atoms with Crippen LogP contribution in [-0.2, 0) is 0 Å². The molecule has 0 N–H and O–H groups in total. The lowest BCUT2D eigenvalue weighted by molar-refractivity contribution is 1.14. The zero-order valence-electron chi connectivity index (χ0n) is 45.8. The smallest absolute Gasteiger partial charge is 0.0991 e. The van der Waals surface area contributed by atoms with Gasteiger partial charge in [-0.3, -0.25) is 4.98 Å². The summed E-state index contributed by atoms with van der Waals surface area (Å²) in [6.07, 6.45) is 1.93. The van der Waals surface area contributed by atoms with Gasteiger partial charge < -0.3 is 9.13 Å². The molecule has 3 aromatic heterocycles. The van der Waals surface area contributed by atoms with Crippen LogP contribution in [0.25, 0.3) is 111 Å². The van der Waals surface area contributed by atoms with Crippen LogP contribution in [0.5, 0.6) is 0 Å². The Labute approximate surface area is 447 Å². The Morgan fingerprint density at radius 2 is 0.671 bits per heavy atom. The third kappa shape index (κ3) is 7.93. The summed E-state index contributed by atoms with van der Waals surface area (Å²) in [6.45, 7) is 26.5. The number of aryl methyl sites for hydroxylation is 12. The van der Waals surface area contributed by atoms with Gasteiger partial charge in [-0.15, -0.1) is 0 Å². The van der Waals surface area contributed by atoms with E-state index in [4.69, 9.17) is 4.98 Å². The molecule has 12 aromatic rings. The second-order valence-corrected chi connectivity index (χ2v) is 21.9. The summed E-state index contributed by atoms with van der Waals surface area (Å²) in [5.74, 6) is 0. The van der Waals surface area contributed by atoms with Gasteiger partial charge in [-0.1, -0.05) is 95.1 Å². The van der Waals surface area contributed by atoms with Gasteiger partial charge in [-0.25, -0.2) is 0 Å². The van der Waals surface area contributed by atoms with Crippen LogP contribution in [0.1, 0.15) is 72.3 Å². The molecule has 0 saturated carbocycles. The summed E-state index contributed by atoms with van der Waals surface area (Å²) >= 11 is 0. The van der Waals surface area contributed by atoms with Crippen molar-refractivity contribution in [3.8, 4) is 73.2 Å². The van der Waals surface area contributed by atoms with E-state index in [0.29, 0.717) is 5.56 Å². The number of aromatic nitrogens is 3. The predicted molar refractivity (Wildman–Crippen MR) is 322 cm³/mol. The predicted octanol–water partition coefficient (Wildman–Crippen LogP) is 19.2. The largest absolute Gasteiger partial charge is 0.309 e. The Kier molecular flexibility index (Phi) is 11.6. The number of nitriles is 1. The molecule has 0 amide bonds. The molecule has 0 atom stereocenters. The van der Waals surface area contributed by atoms with E-state index < -0.39 is 0 Å². The first-order chi connectivity index (χ1) is 36.5. The Bertz CT molecular complexity index is 4160. The molecule has 0 aliphatic rings. The number of pyridine rings is 1. The van der Waals surface area contributed by atoms with E-state index in [2.05, 4.69) is 238 Å². The fourth-order valence-electron chi connectivity index (χ4n) is 13.5. The molecule has 0 radical (unpaired) electrons. The average Bonchev–Trinajstić information content (AvgIpc) is 3.86. The van der Waals surface area contributed by atoms with Crippen LogP contribution in [0.3, 0.4) is 0 Å². The van der Waals surface area contributed by atoms with Crippen LogP contribution < -0.4 is 0 Å². The lowest BCUT2D eigenvalue weighted by Gasteiger charge is -2.16. The monoisotopic (exact) mass is 982 g/mol. The van der Waals surface area contributed by atoms with Gasteiger partial charge in [0, 0.05) is 39.0 Å². The Balaban J connectivity index is 1.09. The fraction of sp³-hybridized carbons (Fsp3) is 0.167. The number of benzene rings is 9. The van der Waals surface area contributed by atoms with Crippen molar-refractivity contribution < 1.29 is 0 Å². The molecule has 0 saturated heterocycles. The minimum atomic E-state index is 0.576. The number of rotatable bonds is 7. The fourth-order valence-corrected chi connectivity index (χ4v) is 13.5. The van der Waals surface area contributed by atoms with Crippen LogP contribution in [0.15, 0.2) is 158 Å². The summed E-state index contributed by atoms with van der Waals surface area (Å²) in [7, 11) is 0. The molecule has 0 spiro atoms. The van der Waals surface area contributed by atoms with Crippen molar-refractivity contribution in [2.75, 3.05) is 0 Å². The van der Waals surface area contributed by atoms with Gasteiger partial charge in [0.25, 0.3) is 0 Å². The number of hydrogen-bond acceptors (Lipinski definition) is 2. The standard InChI is InChI=1S/C72H62N4/c1-40-25-44(5)69(45(6)26-40)53-14-19-64-58(34-53)59-35-54(70-46(7)27-41(2)28-47(70)8)15-20-65(59)75(64)57-23-24-74-63(38-57)62-33-52(39-73)13-18-68(62)76-66-21-16-55(71-48(9)29-42(3)30-49(71)10)36-60(66)61-37-56(17-22-67(61)76)72-50(11)31-43(4)32-51(72)12/h13-38H,1-12H3. The van der Waals surface area contributed by atoms with Gasteiger partial charge in [0.15, 0.2) is 0 Å². The summed E-state index contributed by atoms with van der Waals surface area (Å²) in [4.78, 5) is 5.17. The third-order valence-electron chi connectivity index (χ3n) is 16.0. The van der Waals surface area contributed by atoms with Gasteiger partial charge in [-0.05, 0) is 251 Å². The molecule has 370 valence electrons. The van der Waals surface area contributed by atoms with E-state index in [9.17, 15) is 5.26 Å². The van der Waals surface area contributed by atoms with Crippen molar-refractivity contribution in [2.45, 2.75) is 83.1 Å². The van der Waals surface area contributed by atoms with Crippen molar-refractivity contribution in [1.82, 2.24) is 14.1 Å². The molecule has 0 fully saturated rings. The molecule has 0 aliphatic carbocycles. The number of nitrogens with zero attached hydrogens (tertiary/aromatic N) is 4. The van der Waals surface area contributed by atoms with Crippen LogP contribution in [-0.4, -0.2) is 14.1 Å². The topological polar surface area (TPSA) is 46.5 Å². The molecule has 76 heavy (non-hydrogen) atoms. The Hall–Kier alpha value is -8.78. The molecular weight excluding hydrogens is 921 g/mol. The SMILES string of the molecule is Cc1cc(C)c(-c2ccc3c(c2)c2cc(-c4c(C)cc(C)cc4C)ccc2n3-c2ccnc(-c3cc(C#N)ccc3-n3c4ccc(-c5c(C)cc(C)cc5C)cc4c4cc(-c5c(C)cc(C)cc5C)ccc43)c2)c(C)c1. The highest BCUT2D eigenvalue weighted by Crippen LogP contribution is 2.44. The van der Waals surface area contributed by atoms with Crippen LogP contribution in [0, 0.1) is 94.4 Å². The highest BCUT2D eigenvalue weighted by Gasteiger charge is 2.23. The van der Waals surface area contributed by atoms with Crippen molar-refractivity contribution in [2.24, 2.45) is 0 Å². The molecular formula is C72H62N4. The molecule has 9 aromatic carbocycles. The first-order valence-corrected chi connectivity index (χ1v) is 26.6. The van der Waals surface area contributed by atoms with Crippen LogP contribution in [0.4, 0.5) is 0 Å². The van der Waals surface area contributed by atoms with Gasteiger partial charge in [0.2, 0.25) is 0 Å².